The van der Waals surface area contributed by atoms with Gasteiger partial charge in [-0.2, -0.15) is 0 Å². The number of carbonyl (C=O) groups excluding carboxylic acids is 1. The quantitative estimate of drug-likeness (QED) is 0.618. The average molecular weight is 365 g/mol. The Morgan fingerprint density at radius 1 is 1.00 bits per heavy atom. The smallest absolute Gasteiger partial charge is 0.262 e. The first-order chi connectivity index (χ1) is 12.7. The van der Waals surface area contributed by atoms with Gasteiger partial charge in [0, 0.05) is 16.9 Å². The minimum atomic E-state index is -0.248. The molecule has 0 bridgehead atoms. The number of nitrogens with zero attached hydrogens (tertiary/aromatic N) is 1. The predicted octanol–water partition coefficient (Wildman–Crippen LogP) is 5.11. The number of benzene rings is 3. The highest BCUT2D eigenvalue weighted by Crippen LogP contribution is 2.16. The molecule has 0 spiro atoms. The fourth-order valence-electron chi connectivity index (χ4n) is 2.23. The second-order valence-corrected chi connectivity index (χ2v) is 5.95. The summed E-state index contributed by atoms with van der Waals surface area (Å²) in [6.07, 6.45) is 1.78. The zero-order valence-electron chi connectivity index (χ0n) is 13.9. The molecule has 130 valence electrons. The van der Waals surface area contributed by atoms with Crippen molar-refractivity contribution < 1.29 is 9.53 Å². The molecule has 0 saturated carbocycles. The predicted molar refractivity (Wildman–Crippen MR) is 106 cm³/mol. The summed E-state index contributed by atoms with van der Waals surface area (Å²) in [5.74, 6) is 0.366. The maximum Gasteiger partial charge on any atom is 0.262 e. The van der Waals surface area contributed by atoms with Crippen molar-refractivity contribution in [2.45, 2.75) is 0 Å². The third kappa shape index (κ3) is 5.46. The van der Waals surface area contributed by atoms with Crippen LogP contribution in [0.25, 0.3) is 0 Å². The molecule has 0 atom stereocenters. The van der Waals surface area contributed by atoms with Crippen LogP contribution in [0.3, 0.4) is 0 Å². The second-order valence-electron chi connectivity index (χ2n) is 5.51. The summed E-state index contributed by atoms with van der Waals surface area (Å²) in [7, 11) is 0. The number of nitrogens with one attached hydrogen (secondary N) is 1. The highest BCUT2D eigenvalue weighted by molar-refractivity contribution is 6.30. The number of hydrogen-bond acceptors (Lipinski definition) is 3. The molecule has 0 heterocycles. The van der Waals surface area contributed by atoms with E-state index in [0.717, 1.165) is 11.3 Å². The minimum Gasteiger partial charge on any atom is -0.484 e. The SMILES string of the molecule is O=C(COc1ccc(C=Nc2ccccc2)cc1)Nc1cccc(Cl)c1. The number of amides is 1. The fraction of sp³-hybridized carbons (Fsp3) is 0.0476. The van der Waals surface area contributed by atoms with E-state index in [2.05, 4.69) is 10.3 Å². The first kappa shape index (κ1) is 17.7. The van der Waals surface area contributed by atoms with Crippen LogP contribution in [-0.2, 0) is 4.79 Å². The number of para-hydroxylation sites is 1. The first-order valence-electron chi connectivity index (χ1n) is 8.06. The van der Waals surface area contributed by atoms with Crippen molar-refractivity contribution in [1.29, 1.82) is 0 Å². The summed E-state index contributed by atoms with van der Waals surface area (Å²) in [6, 6.07) is 24.1. The summed E-state index contributed by atoms with van der Waals surface area (Å²) in [5, 5.41) is 3.30. The normalized spacial score (nSPS) is 10.7. The molecule has 0 radical (unpaired) electrons. The van der Waals surface area contributed by atoms with Gasteiger partial charge in [-0.05, 0) is 60.2 Å². The molecule has 26 heavy (non-hydrogen) atoms. The maximum absolute atomic E-state index is 11.9. The number of halogens is 1. The lowest BCUT2D eigenvalue weighted by atomic mass is 10.2. The highest BCUT2D eigenvalue weighted by Gasteiger charge is 2.04. The molecule has 0 aromatic heterocycles. The van der Waals surface area contributed by atoms with Gasteiger partial charge < -0.3 is 10.1 Å². The molecule has 3 aromatic carbocycles. The Labute approximate surface area is 157 Å². The Morgan fingerprint density at radius 2 is 1.77 bits per heavy atom. The van der Waals surface area contributed by atoms with Crippen LogP contribution >= 0.6 is 11.6 Å². The third-order valence-corrected chi connectivity index (χ3v) is 3.71. The van der Waals surface area contributed by atoms with E-state index in [1.807, 2.05) is 42.5 Å². The van der Waals surface area contributed by atoms with Gasteiger partial charge in [0.1, 0.15) is 5.75 Å². The van der Waals surface area contributed by atoms with Crippen LogP contribution in [0, 0.1) is 0 Å². The van der Waals surface area contributed by atoms with Crippen LogP contribution in [-0.4, -0.2) is 18.7 Å². The third-order valence-electron chi connectivity index (χ3n) is 3.48. The van der Waals surface area contributed by atoms with Crippen molar-refractivity contribution in [3.05, 3.63) is 89.4 Å². The van der Waals surface area contributed by atoms with Crippen molar-refractivity contribution >= 4 is 35.1 Å². The van der Waals surface area contributed by atoms with Gasteiger partial charge in [0.15, 0.2) is 6.61 Å². The molecular weight excluding hydrogens is 348 g/mol. The number of anilines is 1. The molecule has 0 aliphatic heterocycles. The monoisotopic (exact) mass is 364 g/mol. The van der Waals surface area contributed by atoms with E-state index in [-0.39, 0.29) is 12.5 Å². The van der Waals surface area contributed by atoms with Crippen molar-refractivity contribution in [3.63, 3.8) is 0 Å². The Hall–Kier alpha value is -3.11. The van der Waals surface area contributed by atoms with Gasteiger partial charge in [-0.3, -0.25) is 9.79 Å². The molecular formula is C21H17ClN2O2. The molecule has 3 aromatic rings. The van der Waals surface area contributed by atoms with Crippen molar-refractivity contribution in [2.75, 3.05) is 11.9 Å². The van der Waals surface area contributed by atoms with E-state index in [0.29, 0.717) is 16.5 Å². The van der Waals surface area contributed by atoms with Gasteiger partial charge >= 0.3 is 0 Å². The van der Waals surface area contributed by atoms with Crippen LogP contribution < -0.4 is 10.1 Å². The topological polar surface area (TPSA) is 50.7 Å². The van der Waals surface area contributed by atoms with Crippen LogP contribution in [0.15, 0.2) is 83.9 Å². The van der Waals surface area contributed by atoms with E-state index in [1.54, 1.807) is 42.6 Å². The summed E-state index contributed by atoms with van der Waals surface area (Å²) in [4.78, 5) is 16.3. The molecule has 0 unspecified atom stereocenters. The van der Waals surface area contributed by atoms with Crippen molar-refractivity contribution in [1.82, 2.24) is 0 Å². The summed E-state index contributed by atoms with van der Waals surface area (Å²) >= 11 is 5.89. The number of carbonyl (C=O) groups is 1. The van der Waals surface area contributed by atoms with E-state index in [9.17, 15) is 4.79 Å². The summed E-state index contributed by atoms with van der Waals surface area (Å²) in [6.45, 7) is -0.0794. The van der Waals surface area contributed by atoms with Gasteiger partial charge in [0.2, 0.25) is 0 Å². The zero-order valence-corrected chi connectivity index (χ0v) is 14.7. The average Bonchev–Trinajstić information content (AvgIpc) is 2.66. The molecule has 4 nitrogen and oxygen atoms in total. The molecule has 0 saturated heterocycles. The Morgan fingerprint density at radius 3 is 2.50 bits per heavy atom. The maximum atomic E-state index is 11.9. The zero-order chi connectivity index (χ0) is 18.2. The molecule has 5 heteroatoms. The van der Waals surface area contributed by atoms with E-state index in [4.69, 9.17) is 16.3 Å². The van der Waals surface area contributed by atoms with Gasteiger partial charge in [-0.1, -0.05) is 35.9 Å². The largest absolute Gasteiger partial charge is 0.484 e. The standard InChI is InChI=1S/C21H17ClN2O2/c22-17-5-4-8-19(13-17)24-21(25)15-26-20-11-9-16(10-12-20)14-23-18-6-2-1-3-7-18/h1-14H,15H2,(H,24,25). The lowest BCUT2D eigenvalue weighted by Crippen LogP contribution is -2.20. The van der Waals surface area contributed by atoms with Gasteiger partial charge in [-0.15, -0.1) is 0 Å². The molecule has 0 aliphatic rings. The van der Waals surface area contributed by atoms with Crippen molar-refractivity contribution in [3.8, 4) is 5.75 Å². The van der Waals surface area contributed by atoms with Crippen LogP contribution in [0.1, 0.15) is 5.56 Å². The summed E-state index contributed by atoms with van der Waals surface area (Å²) < 4.78 is 5.50. The molecule has 0 aliphatic carbocycles. The highest BCUT2D eigenvalue weighted by atomic mass is 35.5. The molecule has 1 N–H and O–H groups in total. The Balaban J connectivity index is 1.51. The van der Waals surface area contributed by atoms with Crippen LogP contribution in [0.2, 0.25) is 5.02 Å². The Bertz CT molecular complexity index is 893. The number of hydrogen-bond donors (Lipinski definition) is 1. The lowest BCUT2D eigenvalue weighted by molar-refractivity contribution is -0.118. The second kappa shape index (κ2) is 8.83. The van der Waals surface area contributed by atoms with E-state index in [1.165, 1.54) is 0 Å². The lowest BCUT2D eigenvalue weighted by Gasteiger charge is -2.08. The minimum absolute atomic E-state index is 0.0794. The van der Waals surface area contributed by atoms with Gasteiger partial charge in [0.25, 0.3) is 5.91 Å². The van der Waals surface area contributed by atoms with Gasteiger partial charge in [-0.25, -0.2) is 0 Å². The molecule has 0 fully saturated rings. The van der Waals surface area contributed by atoms with Gasteiger partial charge in [0.05, 0.1) is 5.69 Å². The summed E-state index contributed by atoms with van der Waals surface area (Å²) in [5.41, 5.74) is 2.48. The van der Waals surface area contributed by atoms with E-state index < -0.39 is 0 Å². The fourth-order valence-corrected chi connectivity index (χ4v) is 2.42. The van der Waals surface area contributed by atoms with Crippen molar-refractivity contribution in [2.24, 2.45) is 4.99 Å². The number of rotatable bonds is 6. The Kier molecular flexibility index (Phi) is 6.01. The first-order valence-corrected chi connectivity index (χ1v) is 8.44. The number of aliphatic imine (C=N–C) groups is 1. The molecule has 3 rings (SSSR count). The van der Waals surface area contributed by atoms with E-state index >= 15 is 0 Å². The number of ether oxygens (including phenoxy) is 1. The molecule has 1 amide bonds. The van der Waals surface area contributed by atoms with Crippen LogP contribution in [0.5, 0.6) is 5.75 Å². The van der Waals surface area contributed by atoms with Crippen LogP contribution in [0.4, 0.5) is 11.4 Å².